The molecule has 0 amide bonds. The monoisotopic (exact) mass is 190 g/mol. The summed E-state index contributed by atoms with van der Waals surface area (Å²) in [6.07, 6.45) is 12.4. The fourth-order valence-electron chi connectivity index (χ4n) is 2.16. The van der Waals surface area contributed by atoms with Crippen LogP contribution in [0.3, 0.4) is 0 Å². The lowest BCUT2D eigenvalue weighted by Gasteiger charge is -2.20. The summed E-state index contributed by atoms with van der Waals surface area (Å²) >= 11 is 0. The first-order chi connectivity index (χ1) is 6.88. The molecule has 0 saturated heterocycles. The second-order valence-corrected chi connectivity index (χ2v) is 4.14. The number of aromatic amines is 1. The number of rotatable bonds is 3. The van der Waals surface area contributed by atoms with Crippen molar-refractivity contribution in [3.8, 4) is 0 Å². The van der Waals surface area contributed by atoms with Crippen LogP contribution in [0.15, 0.2) is 24.2 Å². The third-order valence-electron chi connectivity index (χ3n) is 3.13. The van der Waals surface area contributed by atoms with E-state index in [1.54, 1.807) is 11.9 Å². The number of nitrogens with zero attached hydrogens (tertiary/aromatic N) is 1. The largest absolute Gasteiger partial charge is 0.348 e. The van der Waals surface area contributed by atoms with Crippen LogP contribution in [0.4, 0.5) is 0 Å². The molecular weight excluding hydrogens is 172 g/mol. The van der Waals surface area contributed by atoms with Gasteiger partial charge in [0.1, 0.15) is 0 Å². The highest BCUT2D eigenvalue weighted by atomic mass is 14.9. The van der Waals surface area contributed by atoms with Crippen LogP contribution in [0.1, 0.15) is 38.3 Å². The number of imidazole rings is 1. The van der Waals surface area contributed by atoms with E-state index >= 15 is 0 Å². The summed E-state index contributed by atoms with van der Waals surface area (Å²) in [5, 5.41) is 0. The summed E-state index contributed by atoms with van der Waals surface area (Å²) in [5.74, 6) is 0.825. The normalized spacial score (nSPS) is 22.1. The molecule has 76 valence electrons. The Labute approximate surface area is 85.4 Å². The highest BCUT2D eigenvalue weighted by Crippen LogP contribution is 2.27. The van der Waals surface area contributed by atoms with Gasteiger partial charge in [-0.05, 0) is 38.0 Å². The first-order valence-corrected chi connectivity index (χ1v) is 5.53. The molecule has 2 rings (SSSR count). The fraction of sp³-hybridized carbons (Fsp3) is 0.583. The van der Waals surface area contributed by atoms with Crippen molar-refractivity contribution in [2.24, 2.45) is 5.92 Å². The van der Waals surface area contributed by atoms with Gasteiger partial charge in [-0.3, -0.25) is 0 Å². The third-order valence-corrected chi connectivity index (χ3v) is 3.13. The Bertz CT molecular complexity index is 298. The second-order valence-electron chi connectivity index (χ2n) is 4.14. The van der Waals surface area contributed by atoms with Gasteiger partial charge in [-0.25, -0.2) is 4.98 Å². The predicted octanol–water partition coefficient (Wildman–Crippen LogP) is 3.09. The Morgan fingerprint density at radius 2 is 2.50 bits per heavy atom. The molecule has 0 saturated carbocycles. The van der Waals surface area contributed by atoms with Crippen LogP contribution in [-0.2, 0) is 6.42 Å². The molecule has 1 aromatic heterocycles. The number of aromatic nitrogens is 2. The van der Waals surface area contributed by atoms with Gasteiger partial charge in [0.25, 0.3) is 0 Å². The summed E-state index contributed by atoms with van der Waals surface area (Å²) in [6.45, 7) is 2.25. The molecule has 2 heteroatoms. The highest BCUT2D eigenvalue weighted by Gasteiger charge is 2.14. The molecule has 0 radical (unpaired) electrons. The van der Waals surface area contributed by atoms with Gasteiger partial charge >= 0.3 is 0 Å². The van der Waals surface area contributed by atoms with Gasteiger partial charge in [0, 0.05) is 11.9 Å². The zero-order valence-corrected chi connectivity index (χ0v) is 8.79. The van der Waals surface area contributed by atoms with E-state index in [-0.39, 0.29) is 0 Å². The molecule has 1 atom stereocenters. The maximum absolute atomic E-state index is 4.05. The van der Waals surface area contributed by atoms with Crippen LogP contribution in [0.5, 0.6) is 0 Å². The van der Waals surface area contributed by atoms with Gasteiger partial charge in [-0.2, -0.15) is 0 Å². The molecule has 1 aliphatic rings. The Morgan fingerprint density at radius 1 is 1.57 bits per heavy atom. The maximum atomic E-state index is 4.05. The third kappa shape index (κ3) is 2.25. The van der Waals surface area contributed by atoms with E-state index < -0.39 is 0 Å². The van der Waals surface area contributed by atoms with Crippen LogP contribution < -0.4 is 0 Å². The summed E-state index contributed by atoms with van der Waals surface area (Å²) in [7, 11) is 0. The lowest BCUT2D eigenvalue weighted by molar-refractivity contribution is 0.459. The molecule has 2 nitrogen and oxygen atoms in total. The van der Waals surface area contributed by atoms with Crippen molar-refractivity contribution in [3.63, 3.8) is 0 Å². The van der Waals surface area contributed by atoms with Crippen LogP contribution in [0.25, 0.3) is 0 Å². The topological polar surface area (TPSA) is 28.7 Å². The number of nitrogens with one attached hydrogen (secondary N) is 1. The van der Waals surface area contributed by atoms with Crippen LogP contribution in [-0.4, -0.2) is 9.97 Å². The molecule has 1 unspecified atom stereocenters. The Morgan fingerprint density at radius 3 is 3.07 bits per heavy atom. The minimum atomic E-state index is 0.825. The highest BCUT2D eigenvalue weighted by molar-refractivity contribution is 5.07. The van der Waals surface area contributed by atoms with E-state index in [0.717, 1.165) is 12.3 Å². The Hall–Kier alpha value is -1.05. The molecule has 0 spiro atoms. The fourth-order valence-corrected chi connectivity index (χ4v) is 2.16. The van der Waals surface area contributed by atoms with Crippen molar-refractivity contribution in [2.75, 3.05) is 0 Å². The minimum Gasteiger partial charge on any atom is -0.348 e. The van der Waals surface area contributed by atoms with Gasteiger partial charge in [-0.1, -0.05) is 18.6 Å². The quantitative estimate of drug-likeness (QED) is 0.729. The number of hydrogen-bond acceptors (Lipinski definition) is 1. The Balaban J connectivity index is 1.87. The molecular formula is C12H18N2. The molecule has 0 aromatic carbocycles. The van der Waals surface area contributed by atoms with E-state index in [4.69, 9.17) is 0 Å². The van der Waals surface area contributed by atoms with Crippen molar-refractivity contribution >= 4 is 0 Å². The molecule has 1 heterocycles. The number of allylic oxidation sites excluding steroid dienone is 2. The standard InChI is InChI=1S/C12H18N2/c1-2-10-3-5-11(6-4-10)7-12-8-13-9-14-12/h3,8-9,11H,2,4-7H2,1H3,(H,13,14). The molecule has 1 N–H and O–H groups in total. The van der Waals surface area contributed by atoms with Crippen molar-refractivity contribution in [3.05, 3.63) is 29.9 Å². The SMILES string of the molecule is CCC1=CCC(Cc2cnc[nH]2)CC1. The van der Waals surface area contributed by atoms with Crippen molar-refractivity contribution < 1.29 is 0 Å². The van der Waals surface area contributed by atoms with Gasteiger partial charge in [0.2, 0.25) is 0 Å². The summed E-state index contributed by atoms with van der Waals surface area (Å²) in [4.78, 5) is 7.23. The molecule has 1 aliphatic carbocycles. The summed E-state index contributed by atoms with van der Waals surface area (Å²) in [5.41, 5.74) is 2.93. The van der Waals surface area contributed by atoms with Crippen LogP contribution >= 0.6 is 0 Å². The molecule has 1 aromatic rings. The summed E-state index contributed by atoms with van der Waals surface area (Å²) in [6, 6.07) is 0. The molecule has 14 heavy (non-hydrogen) atoms. The van der Waals surface area contributed by atoms with Gasteiger partial charge < -0.3 is 4.98 Å². The predicted molar refractivity (Wildman–Crippen MR) is 58.0 cm³/mol. The van der Waals surface area contributed by atoms with Crippen LogP contribution in [0, 0.1) is 5.92 Å². The number of hydrogen-bond donors (Lipinski definition) is 1. The number of H-pyrrole nitrogens is 1. The van der Waals surface area contributed by atoms with E-state index in [1.165, 1.54) is 31.4 Å². The first kappa shape index (κ1) is 9.50. The van der Waals surface area contributed by atoms with E-state index in [1.807, 2.05) is 6.20 Å². The van der Waals surface area contributed by atoms with Crippen molar-refractivity contribution in [2.45, 2.75) is 39.0 Å². The second kappa shape index (κ2) is 4.45. The summed E-state index contributed by atoms with van der Waals surface area (Å²) < 4.78 is 0. The van der Waals surface area contributed by atoms with E-state index in [2.05, 4.69) is 23.0 Å². The first-order valence-electron chi connectivity index (χ1n) is 5.53. The van der Waals surface area contributed by atoms with Crippen LogP contribution in [0.2, 0.25) is 0 Å². The van der Waals surface area contributed by atoms with Gasteiger partial charge in [0.05, 0.1) is 6.33 Å². The molecule has 0 aliphatic heterocycles. The van der Waals surface area contributed by atoms with Gasteiger partial charge in [-0.15, -0.1) is 0 Å². The lowest BCUT2D eigenvalue weighted by atomic mass is 9.86. The van der Waals surface area contributed by atoms with E-state index in [9.17, 15) is 0 Å². The van der Waals surface area contributed by atoms with Gasteiger partial charge in [0.15, 0.2) is 0 Å². The minimum absolute atomic E-state index is 0.825. The van der Waals surface area contributed by atoms with Crippen molar-refractivity contribution in [1.29, 1.82) is 0 Å². The molecule has 0 fully saturated rings. The average molecular weight is 190 g/mol. The average Bonchev–Trinajstić information content (AvgIpc) is 2.72. The Kier molecular flexibility index (Phi) is 3.02. The zero-order chi connectivity index (χ0) is 9.80. The lowest BCUT2D eigenvalue weighted by Crippen LogP contribution is -2.08. The van der Waals surface area contributed by atoms with Crippen molar-refractivity contribution in [1.82, 2.24) is 9.97 Å². The zero-order valence-electron chi connectivity index (χ0n) is 8.79. The maximum Gasteiger partial charge on any atom is 0.0921 e. The van der Waals surface area contributed by atoms with E-state index in [0.29, 0.717) is 0 Å². The molecule has 0 bridgehead atoms. The smallest absolute Gasteiger partial charge is 0.0921 e.